The Labute approximate surface area is 95.8 Å². The van der Waals surface area contributed by atoms with Gasteiger partial charge in [0.2, 0.25) is 0 Å². The lowest BCUT2D eigenvalue weighted by atomic mass is 10.0. The third-order valence-corrected chi connectivity index (χ3v) is 2.70. The molecule has 2 aromatic rings. The molecule has 0 aliphatic carbocycles. The van der Waals surface area contributed by atoms with E-state index in [1.165, 1.54) is 5.39 Å². The number of hydrogen-bond donors (Lipinski definition) is 2. The van der Waals surface area contributed by atoms with Gasteiger partial charge in [-0.1, -0.05) is 36.4 Å². The van der Waals surface area contributed by atoms with Gasteiger partial charge in [0.05, 0.1) is 5.69 Å². The summed E-state index contributed by atoms with van der Waals surface area (Å²) >= 11 is 0. The summed E-state index contributed by atoms with van der Waals surface area (Å²) in [6.45, 7) is 1.99. The second-order valence-electron chi connectivity index (χ2n) is 3.73. The maximum absolute atomic E-state index is 6.06. The van der Waals surface area contributed by atoms with Gasteiger partial charge in [-0.05, 0) is 18.4 Å². The Balaban J connectivity index is 2.84. The van der Waals surface area contributed by atoms with Crippen molar-refractivity contribution < 1.29 is 0 Å². The first-order valence-corrected chi connectivity index (χ1v) is 5.39. The van der Waals surface area contributed by atoms with E-state index in [2.05, 4.69) is 17.4 Å². The Hall–Kier alpha value is -1.96. The van der Waals surface area contributed by atoms with Crippen LogP contribution in [0.15, 0.2) is 36.4 Å². The first kappa shape index (κ1) is 10.6. The van der Waals surface area contributed by atoms with Crippen LogP contribution in [0, 0.1) is 0 Å². The lowest BCUT2D eigenvalue weighted by Gasteiger charge is -2.12. The van der Waals surface area contributed by atoms with Gasteiger partial charge in [-0.15, -0.1) is 0 Å². The number of hydrogen-bond acceptors (Lipinski definition) is 2. The number of benzene rings is 2. The molecule has 3 N–H and O–H groups in total. The average Bonchev–Trinajstić information content (AvgIpc) is 2.30. The zero-order valence-electron chi connectivity index (χ0n) is 9.62. The van der Waals surface area contributed by atoms with Gasteiger partial charge >= 0.3 is 0 Å². The standard InChI is InChI=1S/C14H16N2/c1-3-6-12-13(15)9-10-7-4-5-8-11(10)14(12)16-2/h3-9,16H,15H2,1-2H3/b6-3-. The molecule has 0 radical (unpaired) electrons. The van der Waals surface area contributed by atoms with Gasteiger partial charge in [-0.3, -0.25) is 0 Å². The minimum atomic E-state index is 0.807. The summed E-state index contributed by atoms with van der Waals surface area (Å²) in [6.07, 6.45) is 4.04. The molecule has 0 fully saturated rings. The quantitative estimate of drug-likeness (QED) is 0.748. The molecule has 2 aromatic carbocycles. The monoisotopic (exact) mass is 212 g/mol. The molecular weight excluding hydrogens is 196 g/mol. The molecule has 0 atom stereocenters. The van der Waals surface area contributed by atoms with Gasteiger partial charge < -0.3 is 11.1 Å². The van der Waals surface area contributed by atoms with Crippen molar-refractivity contribution in [1.29, 1.82) is 0 Å². The maximum atomic E-state index is 6.06. The number of fused-ring (bicyclic) bond motifs is 1. The highest BCUT2D eigenvalue weighted by Crippen LogP contribution is 2.32. The number of anilines is 2. The lowest BCUT2D eigenvalue weighted by molar-refractivity contribution is 1.52. The normalized spacial score (nSPS) is 11.1. The van der Waals surface area contributed by atoms with E-state index in [4.69, 9.17) is 5.73 Å². The molecule has 0 spiro atoms. The van der Waals surface area contributed by atoms with E-state index in [0.29, 0.717) is 0 Å². The average molecular weight is 212 g/mol. The molecule has 0 saturated heterocycles. The number of nitrogens with one attached hydrogen (secondary N) is 1. The Morgan fingerprint density at radius 1 is 1.25 bits per heavy atom. The highest BCUT2D eigenvalue weighted by atomic mass is 14.8. The summed E-state index contributed by atoms with van der Waals surface area (Å²) in [4.78, 5) is 0. The Bertz CT molecular complexity index is 542. The van der Waals surface area contributed by atoms with Crippen molar-refractivity contribution in [2.24, 2.45) is 0 Å². The molecule has 0 aliphatic rings. The van der Waals surface area contributed by atoms with E-state index in [1.54, 1.807) is 0 Å². The van der Waals surface area contributed by atoms with Crippen molar-refractivity contribution in [1.82, 2.24) is 0 Å². The van der Waals surface area contributed by atoms with E-state index in [9.17, 15) is 0 Å². The van der Waals surface area contributed by atoms with Crippen LogP contribution >= 0.6 is 0 Å². The predicted octanol–water partition coefficient (Wildman–Crippen LogP) is 3.50. The van der Waals surface area contributed by atoms with Crippen LogP contribution in [0.5, 0.6) is 0 Å². The van der Waals surface area contributed by atoms with Crippen molar-refractivity contribution >= 4 is 28.2 Å². The van der Waals surface area contributed by atoms with Gasteiger partial charge in [0.25, 0.3) is 0 Å². The molecule has 2 heteroatoms. The number of rotatable bonds is 2. The first-order valence-electron chi connectivity index (χ1n) is 5.39. The van der Waals surface area contributed by atoms with E-state index in [-0.39, 0.29) is 0 Å². The van der Waals surface area contributed by atoms with Crippen LogP contribution in [0.1, 0.15) is 12.5 Å². The lowest BCUT2D eigenvalue weighted by Crippen LogP contribution is -1.98. The summed E-state index contributed by atoms with van der Waals surface area (Å²) in [5, 5.41) is 5.60. The summed E-state index contributed by atoms with van der Waals surface area (Å²) in [5.41, 5.74) is 9.01. The zero-order valence-corrected chi connectivity index (χ0v) is 9.62. The van der Waals surface area contributed by atoms with Crippen molar-refractivity contribution in [2.45, 2.75) is 6.92 Å². The fourth-order valence-electron chi connectivity index (χ4n) is 2.00. The fourth-order valence-corrected chi connectivity index (χ4v) is 2.00. The number of nitrogens with two attached hydrogens (primary N) is 1. The van der Waals surface area contributed by atoms with E-state index in [0.717, 1.165) is 22.3 Å². The van der Waals surface area contributed by atoms with Crippen molar-refractivity contribution in [2.75, 3.05) is 18.1 Å². The largest absolute Gasteiger partial charge is 0.398 e. The fraction of sp³-hybridized carbons (Fsp3) is 0.143. The van der Waals surface area contributed by atoms with E-state index >= 15 is 0 Å². The summed E-state index contributed by atoms with van der Waals surface area (Å²) in [6, 6.07) is 10.3. The third-order valence-electron chi connectivity index (χ3n) is 2.70. The minimum absolute atomic E-state index is 0.807. The van der Waals surface area contributed by atoms with Crippen LogP contribution in [0.2, 0.25) is 0 Å². The molecule has 0 aliphatic heterocycles. The minimum Gasteiger partial charge on any atom is -0.398 e. The van der Waals surface area contributed by atoms with E-state index in [1.807, 2.05) is 44.3 Å². The smallest absolute Gasteiger partial charge is 0.0511 e. The summed E-state index contributed by atoms with van der Waals surface area (Å²) < 4.78 is 0. The topological polar surface area (TPSA) is 38.0 Å². The Kier molecular flexibility index (Phi) is 2.82. The third kappa shape index (κ3) is 1.63. The van der Waals surface area contributed by atoms with Crippen LogP contribution in [-0.2, 0) is 0 Å². The van der Waals surface area contributed by atoms with Gasteiger partial charge in [-0.25, -0.2) is 0 Å². The second kappa shape index (κ2) is 4.27. The Morgan fingerprint density at radius 2 is 2.00 bits per heavy atom. The molecule has 0 unspecified atom stereocenters. The van der Waals surface area contributed by atoms with Crippen molar-refractivity contribution in [3.8, 4) is 0 Å². The molecule has 0 aromatic heterocycles. The van der Waals surface area contributed by atoms with Crippen LogP contribution < -0.4 is 11.1 Å². The molecule has 0 bridgehead atoms. The van der Waals surface area contributed by atoms with Gasteiger partial charge in [0.15, 0.2) is 0 Å². The molecule has 16 heavy (non-hydrogen) atoms. The summed E-state index contributed by atoms with van der Waals surface area (Å²) in [7, 11) is 1.92. The molecule has 2 nitrogen and oxygen atoms in total. The highest BCUT2D eigenvalue weighted by Gasteiger charge is 2.07. The van der Waals surface area contributed by atoms with E-state index < -0.39 is 0 Å². The van der Waals surface area contributed by atoms with Gasteiger partial charge in [-0.2, -0.15) is 0 Å². The van der Waals surface area contributed by atoms with Crippen LogP contribution in [0.3, 0.4) is 0 Å². The molecule has 0 saturated carbocycles. The number of allylic oxidation sites excluding steroid dienone is 1. The SMILES string of the molecule is C/C=C\c1c(N)cc2ccccc2c1NC. The number of nitrogen functional groups attached to an aromatic ring is 1. The molecule has 0 heterocycles. The van der Waals surface area contributed by atoms with Crippen LogP contribution in [-0.4, -0.2) is 7.05 Å². The van der Waals surface area contributed by atoms with Crippen molar-refractivity contribution in [3.05, 3.63) is 42.0 Å². The Morgan fingerprint density at radius 3 is 2.69 bits per heavy atom. The zero-order chi connectivity index (χ0) is 11.5. The maximum Gasteiger partial charge on any atom is 0.0511 e. The van der Waals surface area contributed by atoms with Crippen molar-refractivity contribution in [3.63, 3.8) is 0 Å². The second-order valence-corrected chi connectivity index (χ2v) is 3.73. The van der Waals surface area contributed by atoms with Crippen LogP contribution in [0.25, 0.3) is 16.8 Å². The summed E-state index contributed by atoms with van der Waals surface area (Å²) in [5.74, 6) is 0. The predicted molar refractivity (Wildman–Crippen MR) is 72.6 cm³/mol. The highest BCUT2D eigenvalue weighted by molar-refractivity contribution is 6.01. The molecule has 0 amide bonds. The molecule has 82 valence electrons. The van der Waals surface area contributed by atoms with Gasteiger partial charge in [0, 0.05) is 23.7 Å². The molecular formula is C14H16N2. The van der Waals surface area contributed by atoms with Gasteiger partial charge in [0.1, 0.15) is 0 Å². The van der Waals surface area contributed by atoms with Crippen LogP contribution in [0.4, 0.5) is 11.4 Å². The first-order chi connectivity index (χ1) is 7.77. The molecule has 2 rings (SSSR count).